The molecule has 0 spiro atoms. The number of fused-ring (bicyclic) bond motifs is 1. The van der Waals surface area contributed by atoms with Gasteiger partial charge in [-0.05, 0) is 30.3 Å². The highest BCUT2D eigenvalue weighted by atomic mass is 79.9. The maximum Gasteiger partial charge on any atom is 0.339 e. The first kappa shape index (κ1) is 13.1. The third kappa shape index (κ3) is 2.28. The fraction of sp³-hybridized carbons (Fsp3) is 0. The number of nitrogens with zero attached hydrogens (tertiary/aromatic N) is 3. The van der Waals surface area contributed by atoms with E-state index >= 15 is 0 Å². The summed E-state index contributed by atoms with van der Waals surface area (Å²) in [5.41, 5.74) is 1.11. The lowest BCUT2D eigenvalue weighted by atomic mass is 10.2. The van der Waals surface area contributed by atoms with E-state index in [9.17, 15) is 4.79 Å². The first-order valence-electron chi connectivity index (χ1n) is 5.60. The molecule has 0 aliphatic carbocycles. The third-order valence-electron chi connectivity index (χ3n) is 2.71. The summed E-state index contributed by atoms with van der Waals surface area (Å²) in [5.74, 6) is -0.622. The van der Waals surface area contributed by atoms with Crippen molar-refractivity contribution in [3.63, 3.8) is 0 Å². The second kappa shape index (κ2) is 4.88. The second-order valence-electron chi connectivity index (χ2n) is 4.09. The molecule has 2 heterocycles. The maximum atomic E-state index is 11.2. The molecule has 1 N–H and O–H groups in total. The van der Waals surface area contributed by atoms with E-state index in [4.69, 9.17) is 16.7 Å². The number of aromatic nitrogens is 3. The van der Waals surface area contributed by atoms with Gasteiger partial charge in [0.15, 0.2) is 11.5 Å². The molecule has 0 amide bonds. The lowest BCUT2D eigenvalue weighted by molar-refractivity contribution is 0.0698. The van der Waals surface area contributed by atoms with E-state index in [1.54, 1.807) is 24.4 Å². The molecule has 3 aromatic rings. The third-order valence-corrected chi connectivity index (χ3v) is 3.39. The molecule has 100 valence electrons. The average molecular weight is 353 g/mol. The monoisotopic (exact) mass is 351 g/mol. The molecule has 0 atom stereocenters. The van der Waals surface area contributed by atoms with Crippen molar-refractivity contribution >= 4 is 39.1 Å². The van der Waals surface area contributed by atoms with Crippen LogP contribution in [0.3, 0.4) is 0 Å². The number of carboxylic acid groups (broad SMARTS) is 1. The summed E-state index contributed by atoms with van der Waals surface area (Å²) in [7, 11) is 0. The molecule has 0 saturated carbocycles. The highest BCUT2D eigenvalue weighted by Crippen LogP contribution is 2.26. The van der Waals surface area contributed by atoms with Gasteiger partial charge in [-0.25, -0.2) is 14.3 Å². The van der Waals surface area contributed by atoms with Crippen LogP contribution in [0.2, 0.25) is 5.02 Å². The Hall–Kier alpha value is -1.92. The Balaban J connectivity index is 2.23. The van der Waals surface area contributed by atoms with Crippen molar-refractivity contribution in [1.82, 2.24) is 14.6 Å². The van der Waals surface area contributed by atoms with E-state index in [2.05, 4.69) is 26.0 Å². The van der Waals surface area contributed by atoms with Gasteiger partial charge in [0.05, 0.1) is 0 Å². The summed E-state index contributed by atoms with van der Waals surface area (Å²) in [4.78, 5) is 15.4. The maximum absolute atomic E-state index is 11.2. The zero-order chi connectivity index (χ0) is 14.3. The van der Waals surface area contributed by atoms with Crippen molar-refractivity contribution in [2.45, 2.75) is 0 Å². The molecule has 20 heavy (non-hydrogen) atoms. The lowest BCUT2D eigenvalue weighted by Crippen LogP contribution is -2.00. The molecule has 0 aliphatic heterocycles. The number of hydrogen-bond acceptors (Lipinski definition) is 3. The average Bonchev–Trinajstić information content (AvgIpc) is 2.80. The van der Waals surface area contributed by atoms with E-state index in [0.29, 0.717) is 22.1 Å². The zero-order valence-corrected chi connectivity index (χ0v) is 12.3. The number of carboxylic acids is 1. The molecule has 0 aliphatic rings. The quantitative estimate of drug-likeness (QED) is 0.766. The number of carbonyl (C=O) groups is 1. The minimum absolute atomic E-state index is 0.104. The van der Waals surface area contributed by atoms with E-state index in [0.717, 1.165) is 4.47 Å². The van der Waals surface area contributed by atoms with Gasteiger partial charge in [0, 0.05) is 21.3 Å². The van der Waals surface area contributed by atoms with Gasteiger partial charge in [-0.1, -0.05) is 27.5 Å². The van der Waals surface area contributed by atoms with E-state index in [1.165, 1.54) is 10.6 Å². The van der Waals surface area contributed by atoms with Crippen molar-refractivity contribution in [3.8, 4) is 11.4 Å². The van der Waals surface area contributed by atoms with Gasteiger partial charge in [-0.3, -0.25) is 0 Å². The molecule has 2 aromatic heterocycles. The Bertz CT molecular complexity index is 811. The number of rotatable bonds is 2. The molecule has 0 unspecified atom stereocenters. The number of halogens is 2. The predicted molar refractivity (Wildman–Crippen MR) is 78.1 cm³/mol. The van der Waals surface area contributed by atoms with Crippen LogP contribution in [0.5, 0.6) is 0 Å². The summed E-state index contributed by atoms with van der Waals surface area (Å²) in [6.07, 6.45) is 1.65. The summed E-state index contributed by atoms with van der Waals surface area (Å²) in [6, 6.07) is 8.40. The van der Waals surface area contributed by atoms with Gasteiger partial charge < -0.3 is 5.11 Å². The Labute approximate surface area is 127 Å². The van der Waals surface area contributed by atoms with Gasteiger partial charge in [0.1, 0.15) is 5.56 Å². The highest BCUT2D eigenvalue weighted by molar-refractivity contribution is 9.10. The summed E-state index contributed by atoms with van der Waals surface area (Å²) in [5, 5.41) is 14.0. The van der Waals surface area contributed by atoms with Crippen molar-refractivity contribution in [3.05, 3.63) is 51.6 Å². The van der Waals surface area contributed by atoms with Crippen LogP contribution in [0.15, 0.2) is 41.0 Å². The smallest absolute Gasteiger partial charge is 0.339 e. The normalized spacial score (nSPS) is 10.9. The molecule has 3 rings (SSSR count). The van der Waals surface area contributed by atoms with E-state index in [-0.39, 0.29) is 5.56 Å². The Morgan fingerprint density at radius 2 is 2.15 bits per heavy atom. The van der Waals surface area contributed by atoms with Crippen LogP contribution >= 0.6 is 27.5 Å². The van der Waals surface area contributed by atoms with E-state index < -0.39 is 5.97 Å². The summed E-state index contributed by atoms with van der Waals surface area (Å²) < 4.78 is 2.24. The zero-order valence-electron chi connectivity index (χ0n) is 9.92. The molecule has 0 fully saturated rings. The molecular weight excluding hydrogens is 346 g/mol. The van der Waals surface area contributed by atoms with Crippen LogP contribution < -0.4 is 0 Å². The van der Waals surface area contributed by atoms with Gasteiger partial charge >= 0.3 is 5.97 Å². The number of benzene rings is 1. The van der Waals surface area contributed by atoms with Crippen molar-refractivity contribution in [2.75, 3.05) is 0 Å². The van der Waals surface area contributed by atoms with Gasteiger partial charge in [-0.2, -0.15) is 0 Å². The van der Waals surface area contributed by atoms with Crippen LogP contribution in [0, 0.1) is 0 Å². The number of hydrogen-bond donors (Lipinski definition) is 1. The van der Waals surface area contributed by atoms with Gasteiger partial charge in [0.25, 0.3) is 0 Å². The first-order chi connectivity index (χ1) is 9.54. The van der Waals surface area contributed by atoms with Crippen molar-refractivity contribution in [2.24, 2.45) is 0 Å². The molecule has 5 nitrogen and oxygen atoms in total. The van der Waals surface area contributed by atoms with Crippen LogP contribution in [0.25, 0.3) is 17.0 Å². The van der Waals surface area contributed by atoms with Gasteiger partial charge in [0.2, 0.25) is 0 Å². The Morgan fingerprint density at radius 1 is 1.35 bits per heavy atom. The van der Waals surface area contributed by atoms with Crippen molar-refractivity contribution < 1.29 is 9.90 Å². The number of aromatic carboxylic acids is 1. The van der Waals surface area contributed by atoms with Crippen LogP contribution in [0.4, 0.5) is 0 Å². The second-order valence-corrected chi connectivity index (χ2v) is 5.44. The fourth-order valence-electron chi connectivity index (χ4n) is 1.88. The predicted octanol–water partition coefficient (Wildman–Crippen LogP) is 3.51. The topological polar surface area (TPSA) is 67.5 Å². The van der Waals surface area contributed by atoms with Crippen LogP contribution in [-0.4, -0.2) is 25.7 Å². The van der Waals surface area contributed by atoms with Crippen LogP contribution in [-0.2, 0) is 0 Å². The van der Waals surface area contributed by atoms with Gasteiger partial charge in [-0.15, -0.1) is 5.10 Å². The SMILES string of the molecule is O=C(O)c1cccn2nc(-c3cc(Cl)cc(Br)c3)nc12. The molecule has 0 bridgehead atoms. The molecule has 0 radical (unpaired) electrons. The van der Waals surface area contributed by atoms with Crippen molar-refractivity contribution in [1.29, 1.82) is 0 Å². The largest absolute Gasteiger partial charge is 0.478 e. The minimum atomic E-state index is -1.04. The number of pyridine rings is 1. The summed E-state index contributed by atoms with van der Waals surface area (Å²) >= 11 is 9.34. The van der Waals surface area contributed by atoms with Crippen LogP contribution in [0.1, 0.15) is 10.4 Å². The highest BCUT2D eigenvalue weighted by Gasteiger charge is 2.14. The fourth-order valence-corrected chi connectivity index (χ4v) is 2.74. The Morgan fingerprint density at radius 3 is 2.85 bits per heavy atom. The standard InChI is InChI=1S/C13H7BrClN3O2/c14-8-4-7(5-9(15)6-8)11-16-12-10(13(19)20)2-1-3-18(12)17-11/h1-6H,(H,19,20). The Kier molecular flexibility index (Phi) is 3.19. The molecule has 0 saturated heterocycles. The molecule has 7 heteroatoms. The molecule has 1 aromatic carbocycles. The van der Waals surface area contributed by atoms with E-state index in [1.807, 2.05) is 6.07 Å². The minimum Gasteiger partial charge on any atom is -0.478 e. The lowest BCUT2D eigenvalue weighted by Gasteiger charge is -1.97. The summed E-state index contributed by atoms with van der Waals surface area (Å²) in [6.45, 7) is 0. The first-order valence-corrected chi connectivity index (χ1v) is 6.77. The molecular formula is C13H7BrClN3O2.